The van der Waals surface area contributed by atoms with Crippen LogP contribution >= 0.6 is 0 Å². The van der Waals surface area contributed by atoms with Crippen LogP contribution in [0.3, 0.4) is 0 Å². The molecule has 1 N–H and O–H groups in total. The van der Waals surface area contributed by atoms with Crippen LogP contribution in [-0.4, -0.2) is 49.1 Å². The van der Waals surface area contributed by atoms with Gasteiger partial charge in [0.15, 0.2) is 5.96 Å². The van der Waals surface area contributed by atoms with Gasteiger partial charge in [-0.15, -0.1) is 0 Å². The molecule has 2 aromatic rings. The molecule has 1 aromatic carbocycles. The van der Waals surface area contributed by atoms with Gasteiger partial charge in [0.2, 0.25) is 5.89 Å². The lowest BCUT2D eigenvalue weighted by molar-refractivity contribution is 0.164. The van der Waals surface area contributed by atoms with E-state index in [2.05, 4.69) is 49.4 Å². The molecular formula is C22H31N5O. The summed E-state index contributed by atoms with van der Waals surface area (Å²) in [6, 6.07) is 8.64. The van der Waals surface area contributed by atoms with E-state index in [0.29, 0.717) is 5.92 Å². The number of oxazole rings is 1. The van der Waals surface area contributed by atoms with Crippen molar-refractivity contribution in [2.45, 2.75) is 39.7 Å². The number of para-hydroxylation sites is 1. The van der Waals surface area contributed by atoms with E-state index >= 15 is 0 Å². The van der Waals surface area contributed by atoms with Crippen molar-refractivity contribution in [1.82, 2.24) is 15.2 Å². The molecule has 0 aliphatic carbocycles. The van der Waals surface area contributed by atoms with E-state index in [9.17, 15) is 0 Å². The normalized spacial score (nSPS) is 18.5. The third-order valence-electron chi connectivity index (χ3n) is 6.04. The molecule has 0 amide bonds. The van der Waals surface area contributed by atoms with Crippen molar-refractivity contribution in [3.8, 4) is 0 Å². The average molecular weight is 382 g/mol. The molecule has 2 aliphatic heterocycles. The predicted octanol–water partition coefficient (Wildman–Crippen LogP) is 3.14. The van der Waals surface area contributed by atoms with Crippen molar-refractivity contribution in [2.75, 3.05) is 38.1 Å². The summed E-state index contributed by atoms with van der Waals surface area (Å²) in [7, 11) is 1.88. The summed E-state index contributed by atoms with van der Waals surface area (Å²) in [6.07, 6.45) is 3.48. The van der Waals surface area contributed by atoms with Crippen molar-refractivity contribution in [2.24, 2.45) is 10.9 Å². The van der Waals surface area contributed by atoms with Crippen molar-refractivity contribution in [1.29, 1.82) is 0 Å². The number of nitrogens with one attached hydrogen (secondary N) is 1. The number of rotatable bonds is 4. The third-order valence-corrected chi connectivity index (χ3v) is 6.04. The molecule has 1 fully saturated rings. The Bertz CT molecular complexity index is 816. The molecule has 0 spiro atoms. The van der Waals surface area contributed by atoms with E-state index in [-0.39, 0.29) is 0 Å². The van der Waals surface area contributed by atoms with Crippen molar-refractivity contribution in [3.05, 3.63) is 47.2 Å². The Hall–Kier alpha value is -2.34. The van der Waals surface area contributed by atoms with E-state index < -0.39 is 0 Å². The highest BCUT2D eigenvalue weighted by molar-refractivity contribution is 5.97. The highest BCUT2D eigenvalue weighted by Gasteiger charge is 2.25. The maximum absolute atomic E-state index is 5.74. The zero-order valence-electron chi connectivity index (χ0n) is 17.2. The number of aromatic nitrogens is 1. The summed E-state index contributed by atoms with van der Waals surface area (Å²) >= 11 is 0. The van der Waals surface area contributed by atoms with Crippen LogP contribution in [0.5, 0.6) is 0 Å². The number of piperidine rings is 1. The second-order valence-electron chi connectivity index (χ2n) is 7.93. The number of hydrogen-bond acceptors (Lipinski definition) is 4. The Labute approximate surface area is 167 Å². The van der Waals surface area contributed by atoms with Gasteiger partial charge in [0.25, 0.3) is 0 Å². The number of likely N-dealkylation sites (tertiary alicyclic amines) is 1. The Morgan fingerprint density at radius 3 is 2.71 bits per heavy atom. The van der Waals surface area contributed by atoms with Gasteiger partial charge in [-0.3, -0.25) is 9.89 Å². The first kappa shape index (κ1) is 19.0. The summed E-state index contributed by atoms with van der Waals surface area (Å²) in [5, 5.41) is 3.62. The molecule has 0 saturated carbocycles. The second kappa shape index (κ2) is 8.35. The molecule has 6 heteroatoms. The lowest BCUT2D eigenvalue weighted by atomic mass is 9.97. The van der Waals surface area contributed by atoms with Crippen molar-refractivity contribution < 1.29 is 4.42 Å². The number of aryl methyl sites for hydroxylation is 2. The van der Waals surface area contributed by atoms with Crippen molar-refractivity contribution >= 4 is 11.6 Å². The molecule has 0 bridgehead atoms. The molecule has 1 aromatic heterocycles. The quantitative estimate of drug-likeness (QED) is 0.651. The molecule has 150 valence electrons. The first-order chi connectivity index (χ1) is 13.6. The SMILES string of the molecule is CN=C(NCC1CCN(Cc2nc(C)c(C)o2)CC1)N1CCc2ccccc21. The van der Waals surface area contributed by atoms with Crippen LogP contribution in [0.4, 0.5) is 5.69 Å². The summed E-state index contributed by atoms with van der Waals surface area (Å²) in [6.45, 7) is 8.99. The van der Waals surface area contributed by atoms with E-state index in [1.807, 2.05) is 20.9 Å². The first-order valence-electron chi connectivity index (χ1n) is 10.4. The summed E-state index contributed by atoms with van der Waals surface area (Å²) < 4.78 is 5.74. The molecule has 0 atom stereocenters. The van der Waals surface area contributed by atoms with Crippen LogP contribution < -0.4 is 10.2 Å². The van der Waals surface area contributed by atoms with Crippen LogP contribution in [-0.2, 0) is 13.0 Å². The zero-order valence-corrected chi connectivity index (χ0v) is 17.2. The molecule has 28 heavy (non-hydrogen) atoms. The van der Waals surface area contributed by atoms with Gasteiger partial charge in [0.1, 0.15) is 5.76 Å². The Morgan fingerprint density at radius 2 is 2.00 bits per heavy atom. The van der Waals surface area contributed by atoms with Gasteiger partial charge in [-0.25, -0.2) is 4.98 Å². The molecule has 6 nitrogen and oxygen atoms in total. The van der Waals surface area contributed by atoms with Crippen LogP contribution in [0.25, 0.3) is 0 Å². The molecule has 2 aliphatic rings. The van der Waals surface area contributed by atoms with Crippen LogP contribution in [0.2, 0.25) is 0 Å². The molecule has 3 heterocycles. The smallest absolute Gasteiger partial charge is 0.208 e. The number of fused-ring (bicyclic) bond motifs is 1. The Balaban J connectivity index is 1.26. The molecule has 0 radical (unpaired) electrons. The van der Waals surface area contributed by atoms with Crippen molar-refractivity contribution in [3.63, 3.8) is 0 Å². The Kier molecular flexibility index (Phi) is 5.67. The standard InChI is InChI=1S/C22H31N5O/c1-16-17(2)28-21(25-16)15-26-11-8-18(9-12-26)14-24-22(23-3)27-13-10-19-6-4-5-7-20(19)27/h4-7,18H,8-15H2,1-3H3,(H,23,24). The minimum absolute atomic E-state index is 0.680. The lowest BCUT2D eigenvalue weighted by Gasteiger charge is -2.32. The van der Waals surface area contributed by atoms with Crippen LogP contribution in [0.1, 0.15) is 35.7 Å². The summed E-state index contributed by atoms with van der Waals surface area (Å²) in [4.78, 5) is 13.8. The maximum Gasteiger partial charge on any atom is 0.208 e. The fourth-order valence-electron chi connectivity index (χ4n) is 4.24. The monoisotopic (exact) mass is 381 g/mol. The van der Waals surface area contributed by atoms with Crippen LogP contribution in [0, 0.1) is 19.8 Å². The number of anilines is 1. The van der Waals surface area contributed by atoms with Gasteiger partial charge in [-0.05, 0) is 63.7 Å². The third kappa shape index (κ3) is 4.07. The predicted molar refractivity (Wildman–Crippen MR) is 113 cm³/mol. The van der Waals surface area contributed by atoms with E-state index in [1.54, 1.807) is 0 Å². The molecule has 0 unspecified atom stereocenters. The minimum atomic E-state index is 0.680. The molecular weight excluding hydrogens is 350 g/mol. The number of hydrogen-bond donors (Lipinski definition) is 1. The average Bonchev–Trinajstić information content (AvgIpc) is 3.27. The zero-order chi connectivity index (χ0) is 19.5. The fraction of sp³-hybridized carbons (Fsp3) is 0.545. The lowest BCUT2D eigenvalue weighted by Crippen LogP contribution is -2.44. The molecule has 4 rings (SSSR count). The van der Waals surface area contributed by atoms with Gasteiger partial charge in [0, 0.05) is 25.8 Å². The van der Waals surface area contributed by atoms with E-state index in [4.69, 9.17) is 4.42 Å². The Morgan fingerprint density at radius 1 is 1.21 bits per heavy atom. The fourth-order valence-corrected chi connectivity index (χ4v) is 4.24. The van der Waals surface area contributed by atoms with E-state index in [0.717, 1.165) is 62.4 Å². The number of nitrogens with zero attached hydrogens (tertiary/aromatic N) is 4. The number of guanidine groups is 1. The summed E-state index contributed by atoms with van der Waals surface area (Å²) in [5.74, 6) is 3.46. The molecule has 1 saturated heterocycles. The highest BCUT2D eigenvalue weighted by atomic mass is 16.4. The largest absolute Gasteiger partial charge is 0.444 e. The van der Waals surface area contributed by atoms with Gasteiger partial charge >= 0.3 is 0 Å². The van der Waals surface area contributed by atoms with Gasteiger partial charge < -0.3 is 14.6 Å². The maximum atomic E-state index is 5.74. The first-order valence-corrected chi connectivity index (χ1v) is 10.4. The topological polar surface area (TPSA) is 56.9 Å². The second-order valence-corrected chi connectivity index (χ2v) is 7.93. The van der Waals surface area contributed by atoms with Gasteiger partial charge in [0.05, 0.1) is 12.2 Å². The number of aliphatic imine (C=N–C) groups is 1. The van der Waals surface area contributed by atoms with E-state index in [1.165, 1.54) is 24.1 Å². The van der Waals surface area contributed by atoms with Gasteiger partial charge in [-0.1, -0.05) is 18.2 Å². The van der Waals surface area contributed by atoms with Gasteiger partial charge in [-0.2, -0.15) is 0 Å². The number of benzene rings is 1. The highest BCUT2D eigenvalue weighted by Crippen LogP contribution is 2.27. The minimum Gasteiger partial charge on any atom is -0.444 e. The van der Waals surface area contributed by atoms with Crippen LogP contribution in [0.15, 0.2) is 33.7 Å². The summed E-state index contributed by atoms with van der Waals surface area (Å²) in [5.41, 5.74) is 3.71.